The fourth-order valence-electron chi connectivity index (χ4n) is 2.94. The van der Waals surface area contributed by atoms with Crippen molar-refractivity contribution in [1.82, 2.24) is 5.43 Å². The summed E-state index contributed by atoms with van der Waals surface area (Å²) < 4.78 is 28.6. The van der Waals surface area contributed by atoms with E-state index in [2.05, 4.69) is 21.4 Å². The molecular formula is C16H15BrF2N2. The topological polar surface area (TPSA) is 38.0 Å². The zero-order valence-corrected chi connectivity index (χ0v) is 12.8. The van der Waals surface area contributed by atoms with Crippen LogP contribution >= 0.6 is 15.9 Å². The molecule has 2 aromatic rings. The lowest BCUT2D eigenvalue weighted by Crippen LogP contribution is -2.31. The molecule has 3 N–H and O–H groups in total. The van der Waals surface area contributed by atoms with Gasteiger partial charge in [-0.25, -0.2) is 8.78 Å². The second kappa shape index (κ2) is 5.83. The predicted molar refractivity (Wildman–Crippen MR) is 81.4 cm³/mol. The summed E-state index contributed by atoms with van der Waals surface area (Å²) in [5.41, 5.74) is 3.78. The molecule has 0 radical (unpaired) electrons. The summed E-state index contributed by atoms with van der Waals surface area (Å²) in [7, 11) is 0. The third-order valence-corrected chi connectivity index (χ3v) is 4.49. The van der Waals surface area contributed by atoms with E-state index in [1.165, 1.54) is 17.7 Å². The van der Waals surface area contributed by atoms with Crippen LogP contribution in [0.5, 0.6) is 0 Å². The molecule has 1 aliphatic carbocycles. The van der Waals surface area contributed by atoms with Gasteiger partial charge in [-0.1, -0.05) is 46.3 Å². The fourth-order valence-corrected chi connectivity index (χ4v) is 3.34. The molecule has 5 heteroatoms. The number of halogens is 3. The van der Waals surface area contributed by atoms with Crippen molar-refractivity contribution in [2.75, 3.05) is 0 Å². The van der Waals surface area contributed by atoms with Crippen molar-refractivity contribution in [2.24, 2.45) is 11.8 Å². The molecule has 0 heterocycles. The maximum atomic E-state index is 14.1. The van der Waals surface area contributed by atoms with Gasteiger partial charge in [-0.05, 0) is 36.0 Å². The van der Waals surface area contributed by atoms with Gasteiger partial charge in [-0.3, -0.25) is 11.3 Å². The molecule has 3 unspecified atom stereocenters. The quantitative estimate of drug-likeness (QED) is 0.643. The molecule has 3 atom stereocenters. The Hall–Kier alpha value is -1.30. The van der Waals surface area contributed by atoms with Crippen LogP contribution < -0.4 is 11.3 Å². The van der Waals surface area contributed by atoms with E-state index in [0.29, 0.717) is 4.47 Å². The van der Waals surface area contributed by atoms with E-state index in [-0.39, 0.29) is 17.4 Å². The summed E-state index contributed by atoms with van der Waals surface area (Å²) in [6.07, 6.45) is 0.869. The third-order valence-electron chi connectivity index (χ3n) is 4.03. The number of hydrogen-bond acceptors (Lipinski definition) is 2. The number of benzene rings is 2. The van der Waals surface area contributed by atoms with Crippen LogP contribution in [0.25, 0.3) is 0 Å². The predicted octanol–water partition coefficient (Wildman–Crippen LogP) is 4.04. The van der Waals surface area contributed by atoms with Crippen molar-refractivity contribution < 1.29 is 8.78 Å². The van der Waals surface area contributed by atoms with Gasteiger partial charge in [0.05, 0.1) is 6.04 Å². The lowest BCUT2D eigenvalue weighted by molar-refractivity contribution is 0.434. The maximum absolute atomic E-state index is 14.1. The highest BCUT2D eigenvalue weighted by atomic mass is 79.9. The van der Waals surface area contributed by atoms with Crippen LogP contribution in [0.3, 0.4) is 0 Å². The lowest BCUT2D eigenvalue weighted by Gasteiger charge is -2.18. The van der Waals surface area contributed by atoms with E-state index in [1.54, 1.807) is 0 Å². The summed E-state index contributed by atoms with van der Waals surface area (Å²) >= 11 is 3.09. The Morgan fingerprint density at radius 2 is 1.76 bits per heavy atom. The van der Waals surface area contributed by atoms with E-state index in [4.69, 9.17) is 5.84 Å². The van der Waals surface area contributed by atoms with Gasteiger partial charge in [-0.2, -0.15) is 0 Å². The second-order valence-corrected chi connectivity index (χ2v) is 6.26. The van der Waals surface area contributed by atoms with Crippen molar-refractivity contribution >= 4 is 15.9 Å². The fraction of sp³-hybridized carbons (Fsp3) is 0.250. The molecular weight excluding hydrogens is 338 g/mol. The highest BCUT2D eigenvalue weighted by Gasteiger charge is 2.45. The number of hydrogen-bond donors (Lipinski definition) is 2. The SMILES string of the molecule is NNC(c1c(F)cc(Br)cc1F)C1CC1c1ccccc1. The number of rotatable bonds is 4. The Labute approximate surface area is 130 Å². The summed E-state index contributed by atoms with van der Waals surface area (Å²) in [6.45, 7) is 0. The third kappa shape index (κ3) is 2.86. The monoisotopic (exact) mass is 352 g/mol. The summed E-state index contributed by atoms with van der Waals surface area (Å²) in [4.78, 5) is 0. The van der Waals surface area contributed by atoms with E-state index >= 15 is 0 Å². The molecule has 1 aliphatic rings. The first-order valence-electron chi connectivity index (χ1n) is 6.77. The first-order chi connectivity index (χ1) is 10.1. The molecule has 0 aliphatic heterocycles. The molecule has 1 saturated carbocycles. The van der Waals surface area contributed by atoms with Crippen molar-refractivity contribution in [2.45, 2.75) is 18.4 Å². The molecule has 0 amide bonds. The molecule has 3 rings (SSSR count). The molecule has 2 nitrogen and oxygen atoms in total. The number of hydrazine groups is 1. The maximum Gasteiger partial charge on any atom is 0.132 e. The zero-order valence-electron chi connectivity index (χ0n) is 11.2. The van der Waals surface area contributed by atoms with Crippen LogP contribution in [0.2, 0.25) is 0 Å². The smallest absolute Gasteiger partial charge is 0.132 e. The van der Waals surface area contributed by atoms with Crippen molar-refractivity contribution in [3.8, 4) is 0 Å². The minimum absolute atomic E-state index is 0.0177. The molecule has 21 heavy (non-hydrogen) atoms. The minimum atomic E-state index is -0.580. The molecule has 0 bridgehead atoms. The molecule has 110 valence electrons. The largest absolute Gasteiger partial charge is 0.271 e. The van der Waals surface area contributed by atoms with Crippen molar-refractivity contribution in [3.63, 3.8) is 0 Å². The van der Waals surface area contributed by atoms with E-state index in [1.807, 2.05) is 30.3 Å². The van der Waals surface area contributed by atoms with Gasteiger partial charge in [0.15, 0.2) is 0 Å². The summed E-state index contributed by atoms with van der Waals surface area (Å²) in [5.74, 6) is 4.79. The molecule has 0 saturated heterocycles. The average molecular weight is 353 g/mol. The average Bonchev–Trinajstić information content (AvgIpc) is 3.23. The van der Waals surface area contributed by atoms with Gasteiger partial charge >= 0.3 is 0 Å². The van der Waals surface area contributed by atoms with Crippen LogP contribution in [0.4, 0.5) is 8.78 Å². The van der Waals surface area contributed by atoms with Crippen LogP contribution in [0.15, 0.2) is 46.9 Å². The van der Waals surface area contributed by atoms with Gasteiger partial charge in [-0.15, -0.1) is 0 Å². The van der Waals surface area contributed by atoms with Gasteiger partial charge in [0.1, 0.15) is 11.6 Å². The van der Waals surface area contributed by atoms with E-state index in [9.17, 15) is 8.78 Å². The normalized spacial score (nSPS) is 22.1. The van der Waals surface area contributed by atoms with Crippen LogP contribution in [0, 0.1) is 17.6 Å². The Morgan fingerprint density at radius 3 is 2.33 bits per heavy atom. The van der Waals surface area contributed by atoms with Gasteiger partial charge in [0, 0.05) is 10.0 Å². The van der Waals surface area contributed by atoms with Crippen LogP contribution in [0.1, 0.15) is 29.5 Å². The van der Waals surface area contributed by atoms with Crippen molar-refractivity contribution in [1.29, 1.82) is 0 Å². The minimum Gasteiger partial charge on any atom is -0.271 e. The standard InChI is InChI=1S/C16H15BrF2N2/c17-10-6-13(18)15(14(19)7-10)16(21-20)12-8-11(12)9-4-2-1-3-5-9/h1-7,11-12,16,21H,8,20H2. The number of nitrogens with one attached hydrogen (secondary N) is 1. The zero-order chi connectivity index (χ0) is 15.0. The van der Waals surface area contributed by atoms with E-state index in [0.717, 1.165) is 6.42 Å². The van der Waals surface area contributed by atoms with E-state index < -0.39 is 17.7 Å². The van der Waals surface area contributed by atoms with Crippen LogP contribution in [-0.2, 0) is 0 Å². The lowest BCUT2D eigenvalue weighted by atomic mass is 9.98. The van der Waals surface area contributed by atoms with Gasteiger partial charge < -0.3 is 0 Å². The van der Waals surface area contributed by atoms with Gasteiger partial charge in [0.25, 0.3) is 0 Å². The Kier molecular flexibility index (Phi) is 4.06. The molecule has 1 fully saturated rings. The summed E-state index contributed by atoms with van der Waals surface area (Å²) in [5, 5.41) is 0. The number of nitrogens with two attached hydrogens (primary N) is 1. The first-order valence-corrected chi connectivity index (χ1v) is 7.56. The molecule has 0 aromatic heterocycles. The Morgan fingerprint density at radius 1 is 1.14 bits per heavy atom. The van der Waals surface area contributed by atoms with Crippen LogP contribution in [-0.4, -0.2) is 0 Å². The highest BCUT2D eigenvalue weighted by Crippen LogP contribution is 2.54. The Balaban J connectivity index is 1.88. The molecule has 2 aromatic carbocycles. The molecule has 0 spiro atoms. The van der Waals surface area contributed by atoms with Gasteiger partial charge in [0.2, 0.25) is 0 Å². The second-order valence-electron chi connectivity index (χ2n) is 5.34. The Bertz CT molecular complexity index is 625. The van der Waals surface area contributed by atoms with Crippen molar-refractivity contribution in [3.05, 3.63) is 69.7 Å². The first kappa shape index (κ1) is 14.6. The highest BCUT2D eigenvalue weighted by molar-refractivity contribution is 9.10. The summed E-state index contributed by atoms with van der Waals surface area (Å²) in [6, 6.07) is 12.0.